The van der Waals surface area contributed by atoms with Crippen molar-refractivity contribution in [1.82, 2.24) is 5.32 Å². The highest BCUT2D eigenvalue weighted by Gasteiger charge is 2.10. The Balaban J connectivity index is 3.45. The lowest BCUT2D eigenvalue weighted by Gasteiger charge is -2.08. The Labute approximate surface area is 78.9 Å². The monoisotopic (exact) mass is 184 g/mol. The van der Waals surface area contributed by atoms with Gasteiger partial charge < -0.3 is 10.1 Å². The predicted molar refractivity (Wildman–Crippen MR) is 48.9 cm³/mol. The summed E-state index contributed by atoms with van der Waals surface area (Å²) < 4.78 is 4.83. The van der Waals surface area contributed by atoms with Crippen molar-refractivity contribution in [2.45, 2.75) is 19.8 Å². The van der Waals surface area contributed by atoms with Gasteiger partial charge in [-0.1, -0.05) is 6.92 Å². The molecule has 1 N–H and O–H groups in total. The zero-order chi connectivity index (χ0) is 10.1. The van der Waals surface area contributed by atoms with Crippen LogP contribution in [0.1, 0.15) is 19.8 Å². The van der Waals surface area contributed by atoms with Gasteiger partial charge in [0.05, 0.1) is 6.07 Å². The van der Waals surface area contributed by atoms with Crippen molar-refractivity contribution in [1.29, 1.82) is 5.26 Å². The van der Waals surface area contributed by atoms with Crippen molar-refractivity contribution in [3.05, 3.63) is 0 Å². The van der Waals surface area contributed by atoms with Gasteiger partial charge in [-0.25, -0.2) is 0 Å². The third-order valence-electron chi connectivity index (χ3n) is 1.67. The maximum atomic E-state index is 11.2. The molecule has 0 saturated heterocycles. The molecule has 0 aliphatic carbocycles. The molecule has 1 amide bonds. The van der Waals surface area contributed by atoms with Gasteiger partial charge in [-0.3, -0.25) is 4.79 Å². The Morgan fingerprint density at radius 3 is 2.92 bits per heavy atom. The zero-order valence-corrected chi connectivity index (χ0v) is 8.17. The summed E-state index contributed by atoms with van der Waals surface area (Å²) in [5.41, 5.74) is 0. The maximum absolute atomic E-state index is 11.2. The van der Waals surface area contributed by atoms with Gasteiger partial charge in [-0.15, -0.1) is 0 Å². The first kappa shape index (κ1) is 11.9. The van der Waals surface area contributed by atoms with Gasteiger partial charge in [0.15, 0.2) is 0 Å². The van der Waals surface area contributed by atoms with Crippen molar-refractivity contribution in [3.63, 3.8) is 0 Å². The smallest absolute Gasteiger partial charge is 0.223 e. The molecule has 4 heteroatoms. The van der Waals surface area contributed by atoms with Crippen LogP contribution in [0.15, 0.2) is 0 Å². The molecule has 0 bridgehead atoms. The third-order valence-corrected chi connectivity index (χ3v) is 1.67. The number of ether oxygens (including phenoxy) is 1. The average molecular weight is 184 g/mol. The minimum atomic E-state index is -0.215. The molecule has 0 radical (unpaired) electrons. The molecule has 0 rings (SSSR count). The molecule has 1 atom stereocenters. The summed E-state index contributed by atoms with van der Waals surface area (Å²) in [4.78, 5) is 11.2. The molecule has 0 spiro atoms. The van der Waals surface area contributed by atoms with E-state index < -0.39 is 0 Å². The van der Waals surface area contributed by atoms with E-state index in [1.54, 1.807) is 14.0 Å². The quantitative estimate of drug-likeness (QED) is 0.618. The van der Waals surface area contributed by atoms with Crippen LogP contribution in [-0.2, 0) is 9.53 Å². The van der Waals surface area contributed by atoms with E-state index in [0.717, 1.165) is 6.42 Å². The summed E-state index contributed by atoms with van der Waals surface area (Å²) in [6, 6.07) is 1.96. The highest BCUT2D eigenvalue weighted by molar-refractivity contribution is 5.78. The number of rotatable bonds is 6. The lowest BCUT2D eigenvalue weighted by atomic mass is 10.1. The van der Waals surface area contributed by atoms with Crippen molar-refractivity contribution < 1.29 is 9.53 Å². The van der Waals surface area contributed by atoms with Crippen molar-refractivity contribution in [3.8, 4) is 6.07 Å². The molecule has 0 heterocycles. The topological polar surface area (TPSA) is 62.1 Å². The minimum Gasteiger partial charge on any atom is -0.385 e. The number of amides is 1. The largest absolute Gasteiger partial charge is 0.385 e. The standard InChI is InChI=1S/C9H16N2O2/c1-8(4-5-10)9(12)11-6-3-7-13-2/h8H,3-4,6-7H2,1-2H3,(H,11,12). The normalized spacial score (nSPS) is 11.8. The van der Waals surface area contributed by atoms with Crippen LogP contribution >= 0.6 is 0 Å². The van der Waals surface area contributed by atoms with Gasteiger partial charge in [0, 0.05) is 32.6 Å². The fourth-order valence-electron chi connectivity index (χ4n) is 0.832. The van der Waals surface area contributed by atoms with Crippen LogP contribution < -0.4 is 5.32 Å². The van der Waals surface area contributed by atoms with E-state index in [9.17, 15) is 4.79 Å². The second-order valence-corrected chi connectivity index (χ2v) is 2.90. The van der Waals surface area contributed by atoms with Crippen LogP contribution in [0.4, 0.5) is 0 Å². The SMILES string of the molecule is COCCCNC(=O)C(C)CC#N. The molecule has 4 nitrogen and oxygen atoms in total. The fraction of sp³-hybridized carbons (Fsp3) is 0.778. The maximum Gasteiger partial charge on any atom is 0.223 e. The van der Waals surface area contributed by atoms with Crippen molar-refractivity contribution in [2.75, 3.05) is 20.3 Å². The second kappa shape index (κ2) is 7.56. The van der Waals surface area contributed by atoms with Gasteiger partial charge in [-0.05, 0) is 6.42 Å². The molecular weight excluding hydrogens is 168 g/mol. The van der Waals surface area contributed by atoms with Crippen molar-refractivity contribution >= 4 is 5.91 Å². The number of hydrogen-bond donors (Lipinski definition) is 1. The van der Waals surface area contributed by atoms with E-state index in [-0.39, 0.29) is 18.2 Å². The van der Waals surface area contributed by atoms with Crippen LogP contribution in [-0.4, -0.2) is 26.2 Å². The first-order valence-electron chi connectivity index (χ1n) is 4.36. The van der Waals surface area contributed by atoms with E-state index in [2.05, 4.69) is 5.32 Å². The number of nitrogens with one attached hydrogen (secondary N) is 1. The molecule has 74 valence electrons. The van der Waals surface area contributed by atoms with Crippen LogP contribution in [0, 0.1) is 17.2 Å². The average Bonchev–Trinajstić information content (AvgIpc) is 2.12. The Hall–Kier alpha value is -1.08. The van der Waals surface area contributed by atoms with Crippen LogP contribution in [0.2, 0.25) is 0 Å². The molecule has 1 unspecified atom stereocenters. The number of carbonyl (C=O) groups excluding carboxylic acids is 1. The third kappa shape index (κ3) is 6.12. The van der Waals surface area contributed by atoms with E-state index in [1.165, 1.54) is 0 Å². The predicted octanol–water partition coefficient (Wildman–Crippen LogP) is 0.689. The molecule has 0 fully saturated rings. The van der Waals surface area contributed by atoms with Gasteiger partial charge in [0.1, 0.15) is 0 Å². The molecule has 0 aliphatic rings. The number of nitriles is 1. The van der Waals surface area contributed by atoms with Gasteiger partial charge in [0.25, 0.3) is 0 Å². The van der Waals surface area contributed by atoms with E-state index in [4.69, 9.17) is 10.00 Å². The second-order valence-electron chi connectivity index (χ2n) is 2.90. The van der Waals surface area contributed by atoms with Gasteiger partial charge >= 0.3 is 0 Å². The lowest BCUT2D eigenvalue weighted by molar-refractivity contribution is -0.124. The minimum absolute atomic E-state index is 0.0577. The molecule has 13 heavy (non-hydrogen) atoms. The fourth-order valence-corrected chi connectivity index (χ4v) is 0.832. The lowest BCUT2D eigenvalue weighted by Crippen LogP contribution is -2.30. The molecule has 0 saturated carbocycles. The number of methoxy groups -OCH3 is 1. The van der Waals surface area contributed by atoms with Crippen LogP contribution in [0.25, 0.3) is 0 Å². The Morgan fingerprint density at radius 2 is 2.38 bits per heavy atom. The van der Waals surface area contributed by atoms with E-state index >= 15 is 0 Å². The Morgan fingerprint density at radius 1 is 1.69 bits per heavy atom. The number of hydrogen-bond acceptors (Lipinski definition) is 3. The highest BCUT2D eigenvalue weighted by Crippen LogP contribution is 1.99. The summed E-state index contributed by atoms with van der Waals surface area (Å²) in [7, 11) is 1.63. The van der Waals surface area contributed by atoms with E-state index in [1.807, 2.05) is 6.07 Å². The first-order chi connectivity index (χ1) is 6.22. The number of nitrogens with zero attached hydrogens (tertiary/aromatic N) is 1. The molecule has 0 aliphatic heterocycles. The summed E-state index contributed by atoms with van der Waals surface area (Å²) in [5, 5.41) is 11.1. The van der Waals surface area contributed by atoms with Crippen LogP contribution in [0.3, 0.4) is 0 Å². The van der Waals surface area contributed by atoms with E-state index in [0.29, 0.717) is 13.2 Å². The van der Waals surface area contributed by atoms with Gasteiger partial charge in [0.2, 0.25) is 5.91 Å². The Bertz CT molecular complexity index is 187. The highest BCUT2D eigenvalue weighted by atomic mass is 16.5. The molecule has 0 aromatic carbocycles. The summed E-state index contributed by atoms with van der Waals surface area (Å²) in [6.07, 6.45) is 1.08. The zero-order valence-electron chi connectivity index (χ0n) is 8.17. The molecular formula is C9H16N2O2. The molecule has 0 aromatic heterocycles. The van der Waals surface area contributed by atoms with Crippen molar-refractivity contribution in [2.24, 2.45) is 5.92 Å². The summed E-state index contributed by atoms with van der Waals surface area (Å²) in [5.74, 6) is -0.273. The number of carbonyl (C=O) groups is 1. The van der Waals surface area contributed by atoms with Gasteiger partial charge in [-0.2, -0.15) is 5.26 Å². The Kier molecular flexibility index (Phi) is 6.93. The summed E-state index contributed by atoms with van der Waals surface area (Å²) >= 11 is 0. The molecule has 0 aromatic rings. The summed E-state index contributed by atoms with van der Waals surface area (Å²) in [6.45, 7) is 3.00. The first-order valence-corrected chi connectivity index (χ1v) is 4.36. The van der Waals surface area contributed by atoms with Crippen LogP contribution in [0.5, 0.6) is 0 Å².